The van der Waals surface area contributed by atoms with Crippen LogP contribution in [0.2, 0.25) is 0 Å². The summed E-state index contributed by atoms with van der Waals surface area (Å²) in [5.74, 6) is -0.967. The first-order valence-corrected chi connectivity index (χ1v) is 6.04. The summed E-state index contributed by atoms with van der Waals surface area (Å²) in [6, 6.07) is 6.70. The van der Waals surface area contributed by atoms with Gasteiger partial charge in [0.25, 0.3) is 11.8 Å². The summed E-state index contributed by atoms with van der Waals surface area (Å²) in [7, 11) is 0. The fourth-order valence-corrected chi connectivity index (χ4v) is 1.99. The molecule has 18 heavy (non-hydrogen) atoms. The summed E-state index contributed by atoms with van der Waals surface area (Å²) in [6.07, 6.45) is 0.383. The molecule has 0 saturated carbocycles. The number of nitrogens with zero attached hydrogens (tertiary/aromatic N) is 1. The summed E-state index contributed by atoms with van der Waals surface area (Å²) in [4.78, 5) is 36.0. The average Bonchev–Trinajstić information content (AvgIpc) is 2.60. The number of halogens is 1. The van der Waals surface area contributed by atoms with E-state index >= 15 is 0 Å². The SMILES string of the molecule is C[C@@H](CCN1C(=O)c2ccccc2C1=O)C(=O)Cl. The van der Waals surface area contributed by atoms with Gasteiger partial charge in [0, 0.05) is 12.5 Å². The molecule has 5 heteroatoms. The van der Waals surface area contributed by atoms with Gasteiger partial charge in [0.1, 0.15) is 0 Å². The van der Waals surface area contributed by atoms with Crippen LogP contribution in [0.1, 0.15) is 34.1 Å². The first kappa shape index (κ1) is 12.8. The minimum atomic E-state index is -0.452. The van der Waals surface area contributed by atoms with Crippen molar-refractivity contribution in [1.29, 1.82) is 0 Å². The Morgan fingerprint density at radius 2 is 1.72 bits per heavy atom. The number of fused-ring (bicyclic) bond motifs is 1. The van der Waals surface area contributed by atoms with Crippen molar-refractivity contribution in [2.24, 2.45) is 5.92 Å². The van der Waals surface area contributed by atoms with Gasteiger partial charge in [-0.2, -0.15) is 0 Å². The number of carbonyl (C=O) groups is 3. The van der Waals surface area contributed by atoms with Crippen molar-refractivity contribution < 1.29 is 14.4 Å². The quantitative estimate of drug-likeness (QED) is 0.619. The number of imide groups is 1. The number of benzene rings is 1. The number of hydrogen-bond acceptors (Lipinski definition) is 3. The third-order valence-electron chi connectivity index (χ3n) is 3.05. The van der Waals surface area contributed by atoms with Gasteiger partial charge < -0.3 is 0 Å². The molecule has 1 aliphatic heterocycles. The zero-order valence-corrected chi connectivity index (χ0v) is 10.6. The Morgan fingerprint density at radius 1 is 1.22 bits per heavy atom. The summed E-state index contributed by atoms with van der Waals surface area (Å²) in [5.41, 5.74) is 0.847. The predicted molar refractivity (Wildman–Crippen MR) is 66.5 cm³/mol. The van der Waals surface area contributed by atoms with E-state index < -0.39 is 5.24 Å². The van der Waals surface area contributed by atoms with Gasteiger partial charge in [0.05, 0.1) is 11.1 Å². The van der Waals surface area contributed by atoms with Crippen molar-refractivity contribution in [2.45, 2.75) is 13.3 Å². The van der Waals surface area contributed by atoms with Crippen molar-refractivity contribution in [3.63, 3.8) is 0 Å². The third-order valence-corrected chi connectivity index (χ3v) is 3.42. The maximum absolute atomic E-state index is 12.0. The van der Waals surface area contributed by atoms with Gasteiger partial charge in [-0.1, -0.05) is 19.1 Å². The third kappa shape index (κ3) is 2.16. The molecule has 2 amide bonds. The highest BCUT2D eigenvalue weighted by atomic mass is 35.5. The maximum Gasteiger partial charge on any atom is 0.261 e. The van der Waals surface area contributed by atoms with Crippen LogP contribution in [0.15, 0.2) is 24.3 Å². The molecule has 0 radical (unpaired) electrons. The Morgan fingerprint density at radius 3 is 2.17 bits per heavy atom. The van der Waals surface area contributed by atoms with Crippen LogP contribution >= 0.6 is 11.6 Å². The van der Waals surface area contributed by atoms with Crippen LogP contribution in [-0.4, -0.2) is 28.5 Å². The lowest BCUT2D eigenvalue weighted by Crippen LogP contribution is -2.32. The van der Waals surface area contributed by atoms with Crippen LogP contribution in [0, 0.1) is 5.92 Å². The van der Waals surface area contributed by atoms with Gasteiger partial charge in [0.15, 0.2) is 0 Å². The minimum absolute atomic E-state index is 0.214. The molecule has 1 aromatic rings. The lowest BCUT2D eigenvalue weighted by molar-refractivity contribution is -0.114. The van der Waals surface area contributed by atoms with Crippen LogP contribution in [0.3, 0.4) is 0 Å². The second-order valence-electron chi connectivity index (χ2n) is 4.30. The second-order valence-corrected chi connectivity index (χ2v) is 4.67. The highest BCUT2D eigenvalue weighted by Gasteiger charge is 2.34. The minimum Gasteiger partial charge on any atom is -0.281 e. The molecule has 1 heterocycles. The summed E-state index contributed by atoms with van der Waals surface area (Å²) in [5, 5.41) is -0.452. The van der Waals surface area contributed by atoms with E-state index in [1.54, 1.807) is 31.2 Å². The Kier molecular flexibility index (Phi) is 3.48. The standard InChI is InChI=1S/C13H12ClNO3/c1-8(11(14)16)6-7-15-12(17)9-4-2-3-5-10(9)13(15)18/h2-5,8H,6-7H2,1H3/t8-/m0/s1. The van der Waals surface area contributed by atoms with E-state index in [9.17, 15) is 14.4 Å². The van der Waals surface area contributed by atoms with Gasteiger partial charge in [-0.15, -0.1) is 0 Å². The molecule has 2 rings (SSSR count). The van der Waals surface area contributed by atoms with E-state index in [1.165, 1.54) is 4.90 Å². The Hall–Kier alpha value is -1.68. The molecular weight excluding hydrogens is 254 g/mol. The zero-order chi connectivity index (χ0) is 13.3. The zero-order valence-electron chi connectivity index (χ0n) is 9.85. The normalized spacial score (nSPS) is 15.8. The number of carbonyl (C=O) groups excluding carboxylic acids is 3. The molecule has 0 aromatic heterocycles. The lowest BCUT2D eigenvalue weighted by Gasteiger charge is -2.15. The van der Waals surface area contributed by atoms with Crippen LogP contribution in [0.5, 0.6) is 0 Å². The van der Waals surface area contributed by atoms with Crippen molar-refractivity contribution in [3.05, 3.63) is 35.4 Å². The maximum atomic E-state index is 12.0. The molecule has 0 bridgehead atoms. The van der Waals surface area contributed by atoms with Crippen molar-refractivity contribution in [2.75, 3.05) is 6.54 Å². The van der Waals surface area contributed by atoms with Gasteiger partial charge in [-0.05, 0) is 30.2 Å². The Balaban J connectivity index is 2.12. The van der Waals surface area contributed by atoms with Crippen LogP contribution in [-0.2, 0) is 4.79 Å². The van der Waals surface area contributed by atoms with Crippen LogP contribution in [0.4, 0.5) is 0 Å². The van der Waals surface area contributed by atoms with Gasteiger partial charge in [-0.25, -0.2) is 0 Å². The highest BCUT2D eigenvalue weighted by molar-refractivity contribution is 6.63. The topological polar surface area (TPSA) is 54.5 Å². The first-order chi connectivity index (χ1) is 8.52. The summed E-state index contributed by atoms with van der Waals surface area (Å²) >= 11 is 5.35. The molecule has 1 atom stereocenters. The van der Waals surface area contributed by atoms with Gasteiger partial charge in [-0.3, -0.25) is 19.3 Å². The lowest BCUT2D eigenvalue weighted by atomic mass is 10.1. The molecular formula is C13H12ClNO3. The Labute approximate surface area is 110 Å². The number of amides is 2. The van der Waals surface area contributed by atoms with Crippen molar-refractivity contribution >= 4 is 28.7 Å². The predicted octanol–water partition coefficient (Wildman–Crippen LogP) is 2.07. The summed E-state index contributed by atoms with van der Waals surface area (Å²) < 4.78 is 0. The smallest absolute Gasteiger partial charge is 0.261 e. The van der Waals surface area contributed by atoms with E-state index in [0.717, 1.165) is 0 Å². The molecule has 1 aromatic carbocycles. The number of rotatable bonds is 4. The fourth-order valence-electron chi connectivity index (χ4n) is 1.88. The monoisotopic (exact) mass is 265 g/mol. The largest absolute Gasteiger partial charge is 0.281 e. The molecule has 0 saturated heterocycles. The molecule has 0 spiro atoms. The van der Waals surface area contributed by atoms with E-state index in [1.807, 2.05) is 0 Å². The number of hydrogen-bond donors (Lipinski definition) is 0. The molecule has 1 aliphatic rings. The van der Waals surface area contributed by atoms with E-state index in [2.05, 4.69) is 0 Å². The van der Waals surface area contributed by atoms with Crippen molar-refractivity contribution in [1.82, 2.24) is 4.90 Å². The van der Waals surface area contributed by atoms with Gasteiger partial charge in [0.2, 0.25) is 5.24 Å². The molecule has 0 N–H and O–H groups in total. The first-order valence-electron chi connectivity index (χ1n) is 5.67. The van der Waals surface area contributed by atoms with Crippen LogP contribution < -0.4 is 0 Å². The van der Waals surface area contributed by atoms with Crippen molar-refractivity contribution in [3.8, 4) is 0 Å². The van der Waals surface area contributed by atoms with E-state index in [4.69, 9.17) is 11.6 Å². The Bertz CT molecular complexity index is 492. The van der Waals surface area contributed by atoms with E-state index in [-0.39, 0.29) is 24.3 Å². The molecule has 4 nitrogen and oxygen atoms in total. The molecule has 0 unspecified atom stereocenters. The second kappa shape index (κ2) is 4.90. The van der Waals surface area contributed by atoms with Gasteiger partial charge >= 0.3 is 0 Å². The molecule has 94 valence electrons. The molecule has 0 aliphatic carbocycles. The summed E-state index contributed by atoms with van der Waals surface area (Å²) in [6.45, 7) is 1.89. The fraction of sp³-hybridized carbons (Fsp3) is 0.308. The highest BCUT2D eigenvalue weighted by Crippen LogP contribution is 2.23. The van der Waals surface area contributed by atoms with Crippen LogP contribution in [0.25, 0.3) is 0 Å². The molecule has 0 fully saturated rings. The average molecular weight is 266 g/mol. The van der Waals surface area contributed by atoms with E-state index in [0.29, 0.717) is 17.5 Å².